The summed E-state index contributed by atoms with van der Waals surface area (Å²) in [4.78, 5) is 0. The number of nitrogens with zero attached hydrogens (tertiary/aromatic N) is 3. The van der Waals surface area contributed by atoms with E-state index in [1.54, 1.807) is 0 Å². The summed E-state index contributed by atoms with van der Waals surface area (Å²) in [7, 11) is -3.27. The van der Waals surface area contributed by atoms with Crippen molar-refractivity contribution < 1.29 is 12.8 Å². The predicted molar refractivity (Wildman–Crippen MR) is 81.7 cm³/mol. The first-order valence-corrected chi connectivity index (χ1v) is 9.22. The zero-order chi connectivity index (χ0) is 15.6. The van der Waals surface area contributed by atoms with Gasteiger partial charge in [0.2, 0.25) is 21.8 Å². The molecule has 6 nitrogen and oxygen atoms in total. The highest BCUT2D eigenvalue weighted by atomic mass is 32.2. The maximum atomic E-state index is 11.9. The molecule has 2 heterocycles. The van der Waals surface area contributed by atoms with E-state index in [0.717, 1.165) is 24.8 Å². The van der Waals surface area contributed by atoms with Gasteiger partial charge in [-0.3, -0.25) is 0 Å². The molecule has 0 aliphatic carbocycles. The molecule has 1 aliphatic heterocycles. The van der Waals surface area contributed by atoms with Crippen molar-refractivity contribution in [2.75, 3.05) is 12.8 Å². The third-order valence-corrected chi connectivity index (χ3v) is 5.13. The summed E-state index contributed by atoms with van der Waals surface area (Å²) in [6.07, 6.45) is 4.34. The molecule has 1 unspecified atom stereocenters. The highest BCUT2D eigenvalue weighted by Crippen LogP contribution is 2.32. The van der Waals surface area contributed by atoms with Crippen LogP contribution in [0.15, 0.2) is 34.7 Å². The van der Waals surface area contributed by atoms with E-state index in [9.17, 15) is 8.42 Å². The van der Waals surface area contributed by atoms with Gasteiger partial charge in [0.15, 0.2) is 0 Å². The third kappa shape index (κ3) is 3.36. The van der Waals surface area contributed by atoms with Crippen molar-refractivity contribution in [1.29, 1.82) is 0 Å². The molecule has 2 aromatic rings. The summed E-state index contributed by atoms with van der Waals surface area (Å²) in [5, 5.41) is 8.14. The van der Waals surface area contributed by atoms with Gasteiger partial charge in [-0.25, -0.2) is 8.42 Å². The summed E-state index contributed by atoms with van der Waals surface area (Å²) in [6, 6.07) is 9.52. The summed E-state index contributed by atoms with van der Waals surface area (Å²) >= 11 is 0. The molecule has 1 aromatic carbocycles. The van der Waals surface area contributed by atoms with Crippen molar-refractivity contribution in [2.24, 2.45) is 0 Å². The maximum Gasteiger partial charge on any atom is 0.234 e. The molecule has 0 spiro atoms. The van der Waals surface area contributed by atoms with Crippen LogP contribution in [0.25, 0.3) is 0 Å². The molecule has 0 bridgehead atoms. The molecule has 1 aliphatic rings. The van der Waals surface area contributed by atoms with Gasteiger partial charge >= 0.3 is 0 Å². The van der Waals surface area contributed by atoms with Gasteiger partial charge in [-0.2, -0.15) is 4.31 Å². The Bertz CT molecular complexity index is 728. The molecule has 118 valence electrons. The van der Waals surface area contributed by atoms with Crippen LogP contribution in [-0.2, 0) is 16.4 Å². The third-order valence-electron chi connectivity index (χ3n) is 3.85. The molecule has 0 radical (unpaired) electrons. The van der Waals surface area contributed by atoms with Gasteiger partial charge in [0, 0.05) is 6.54 Å². The fourth-order valence-electron chi connectivity index (χ4n) is 2.79. The van der Waals surface area contributed by atoms with Crippen molar-refractivity contribution in [3.05, 3.63) is 47.7 Å². The van der Waals surface area contributed by atoms with Crippen molar-refractivity contribution in [1.82, 2.24) is 14.5 Å². The molecule has 1 saturated heterocycles. The van der Waals surface area contributed by atoms with Crippen LogP contribution in [0.1, 0.15) is 42.6 Å². The van der Waals surface area contributed by atoms with Gasteiger partial charge in [-0.15, -0.1) is 10.2 Å². The van der Waals surface area contributed by atoms with Crippen LogP contribution in [0.4, 0.5) is 0 Å². The van der Waals surface area contributed by atoms with Crippen LogP contribution in [0.2, 0.25) is 0 Å². The highest BCUT2D eigenvalue weighted by Gasteiger charge is 2.34. The molecule has 0 amide bonds. The smallest absolute Gasteiger partial charge is 0.234 e. The fourth-order valence-corrected chi connectivity index (χ4v) is 3.91. The number of benzene rings is 1. The molecule has 1 aromatic heterocycles. The van der Waals surface area contributed by atoms with Crippen LogP contribution < -0.4 is 0 Å². The average Bonchev–Trinajstić information content (AvgIpc) is 2.96. The van der Waals surface area contributed by atoms with Crippen LogP contribution >= 0.6 is 0 Å². The topological polar surface area (TPSA) is 76.3 Å². The lowest BCUT2D eigenvalue weighted by Gasteiger charge is -2.31. The summed E-state index contributed by atoms with van der Waals surface area (Å²) in [5.41, 5.74) is 1.08. The first kappa shape index (κ1) is 15.2. The first-order chi connectivity index (χ1) is 10.5. The number of hydrogen-bond acceptors (Lipinski definition) is 5. The Morgan fingerprint density at radius 2 is 2.00 bits per heavy atom. The first-order valence-electron chi connectivity index (χ1n) is 7.37. The van der Waals surface area contributed by atoms with Crippen molar-refractivity contribution in [3.63, 3.8) is 0 Å². The second kappa shape index (κ2) is 6.18. The summed E-state index contributed by atoms with van der Waals surface area (Å²) in [5.74, 6) is 0.913. The van der Waals surface area contributed by atoms with E-state index in [-0.39, 0.29) is 6.04 Å². The Morgan fingerprint density at radius 3 is 2.73 bits per heavy atom. The molecule has 22 heavy (non-hydrogen) atoms. The van der Waals surface area contributed by atoms with Crippen LogP contribution in [0, 0.1) is 0 Å². The SMILES string of the molecule is CS(=O)(=O)N1CCCCC1c1nnc(Cc2ccccc2)o1. The van der Waals surface area contributed by atoms with E-state index in [0.29, 0.717) is 24.7 Å². The van der Waals surface area contributed by atoms with Crippen LogP contribution in [-0.4, -0.2) is 35.7 Å². The van der Waals surface area contributed by atoms with E-state index in [2.05, 4.69) is 10.2 Å². The minimum Gasteiger partial charge on any atom is -0.423 e. The highest BCUT2D eigenvalue weighted by molar-refractivity contribution is 7.88. The average molecular weight is 321 g/mol. The Morgan fingerprint density at radius 1 is 1.23 bits per heavy atom. The normalized spacial score (nSPS) is 20.1. The summed E-state index contributed by atoms with van der Waals surface area (Å²) < 4.78 is 31.0. The molecule has 0 saturated carbocycles. The standard InChI is InChI=1S/C15H19N3O3S/c1-22(19,20)18-10-6-5-9-13(18)15-17-16-14(21-15)11-12-7-3-2-4-8-12/h2-4,7-8,13H,5-6,9-11H2,1H3. The maximum absolute atomic E-state index is 11.9. The van der Waals surface area contributed by atoms with Crippen LogP contribution in [0.3, 0.4) is 0 Å². The van der Waals surface area contributed by atoms with Gasteiger partial charge < -0.3 is 4.42 Å². The largest absolute Gasteiger partial charge is 0.423 e. The minimum absolute atomic E-state index is 0.333. The Balaban J connectivity index is 1.80. The predicted octanol–water partition coefficient (Wildman–Crippen LogP) is 2.15. The molecule has 3 rings (SSSR count). The van der Waals surface area contributed by atoms with E-state index in [4.69, 9.17) is 4.42 Å². The molecular formula is C15H19N3O3S. The molecule has 7 heteroatoms. The lowest BCUT2D eigenvalue weighted by Crippen LogP contribution is -2.37. The summed E-state index contributed by atoms with van der Waals surface area (Å²) in [6.45, 7) is 0.514. The van der Waals surface area contributed by atoms with E-state index >= 15 is 0 Å². The van der Waals surface area contributed by atoms with Crippen molar-refractivity contribution >= 4 is 10.0 Å². The van der Waals surface area contributed by atoms with E-state index < -0.39 is 10.0 Å². The fraction of sp³-hybridized carbons (Fsp3) is 0.467. The number of aromatic nitrogens is 2. The molecular weight excluding hydrogens is 302 g/mol. The molecule has 1 fully saturated rings. The lowest BCUT2D eigenvalue weighted by atomic mass is 10.1. The zero-order valence-corrected chi connectivity index (χ0v) is 13.3. The second-order valence-electron chi connectivity index (χ2n) is 5.58. The van der Waals surface area contributed by atoms with Crippen molar-refractivity contribution in [2.45, 2.75) is 31.7 Å². The molecule has 0 N–H and O–H groups in total. The second-order valence-corrected chi connectivity index (χ2v) is 7.52. The van der Waals surface area contributed by atoms with Gasteiger partial charge in [0.05, 0.1) is 12.7 Å². The monoisotopic (exact) mass is 321 g/mol. The van der Waals surface area contributed by atoms with Gasteiger partial charge in [0.1, 0.15) is 6.04 Å². The number of piperidine rings is 1. The Kier molecular flexibility index (Phi) is 4.26. The van der Waals surface area contributed by atoms with Crippen molar-refractivity contribution in [3.8, 4) is 0 Å². The molecule has 1 atom stereocenters. The Hall–Kier alpha value is -1.73. The van der Waals surface area contributed by atoms with Gasteiger partial charge in [0.25, 0.3) is 0 Å². The Labute approximate surface area is 130 Å². The zero-order valence-electron chi connectivity index (χ0n) is 12.5. The van der Waals surface area contributed by atoms with Crippen LogP contribution in [0.5, 0.6) is 0 Å². The number of hydrogen-bond donors (Lipinski definition) is 0. The van der Waals surface area contributed by atoms with E-state index in [1.165, 1.54) is 10.6 Å². The lowest BCUT2D eigenvalue weighted by molar-refractivity contribution is 0.218. The van der Waals surface area contributed by atoms with Gasteiger partial charge in [-0.1, -0.05) is 36.8 Å². The minimum atomic E-state index is -3.27. The van der Waals surface area contributed by atoms with E-state index in [1.807, 2.05) is 30.3 Å². The van der Waals surface area contributed by atoms with Gasteiger partial charge in [-0.05, 0) is 18.4 Å². The number of rotatable bonds is 4. The quantitative estimate of drug-likeness (QED) is 0.862. The number of sulfonamides is 1.